The molecule has 0 radical (unpaired) electrons. The van der Waals surface area contributed by atoms with Crippen LogP contribution in [-0.2, 0) is 4.79 Å². The van der Waals surface area contributed by atoms with Crippen LogP contribution in [0.1, 0.15) is 26.2 Å². The first-order valence-electron chi connectivity index (χ1n) is 5.97. The summed E-state index contributed by atoms with van der Waals surface area (Å²) < 4.78 is 36.9. The van der Waals surface area contributed by atoms with E-state index in [9.17, 15) is 18.0 Å². The number of carbonyl (C=O) groups is 1. The second-order valence-electron chi connectivity index (χ2n) is 4.49. The Balaban J connectivity index is 2.47. The van der Waals surface area contributed by atoms with Crippen LogP contribution in [0.25, 0.3) is 0 Å². The second-order valence-corrected chi connectivity index (χ2v) is 4.49. The minimum absolute atomic E-state index is 0.179. The lowest BCUT2D eigenvalue weighted by Crippen LogP contribution is -2.40. The van der Waals surface area contributed by atoms with Crippen LogP contribution in [-0.4, -0.2) is 43.2 Å². The van der Waals surface area contributed by atoms with E-state index in [1.807, 2.05) is 0 Å². The van der Waals surface area contributed by atoms with Crippen LogP contribution in [0.3, 0.4) is 0 Å². The molecule has 0 aromatic rings. The van der Waals surface area contributed by atoms with Crippen molar-refractivity contribution in [2.75, 3.05) is 26.2 Å². The summed E-state index contributed by atoms with van der Waals surface area (Å²) in [5, 5.41) is 3.10. The van der Waals surface area contributed by atoms with Crippen LogP contribution in [0, 0.1) is 5.92 Å². The Morgan fingerprint density at radius 2 is 2.18 bits per heavy atom. The van der Waals surface area contributed by atoms with E-state index in [0.29, 0.717) is 6.42 Å². The number of rotatable bonds is 5. The van der Waals surface area contributed by atoms with Gasteiger partial charge in [0, 0.05) is 13.0 Å². The van der Waals surface area contributed by atoms with Gasteiger partial charge in [-0.2, -0.15) is 13.2 Å². The molecule has 0 spiro atoms. The van der Waals surface area contributed by atoms with Crippen molar-refractivity contribution in [3.63, 3.8) is 0 Å². The highest BCUT2D eigenvalue weighted by atomic mass is 19.4. The second kappa shape index (κ2) is 6.23. The van der Waals surface area contributed by atoms with E-state index in [4.69, 9.17) is 0 Å². The van der Waals surface area contributed by atoms with Crippen molar-refractivity contribution in [1.82, 2.24) is 10.2 Å². The van der Waals surface area contributed by atoms with Crippen LogP contribution in [0.4, 0.5) is 13.2 Å². The fourth-order valence-electron chi connectivity index (χ4n) is 2.04. The molecule has 1 atom stereocenters. The van der Waals surface area contributed by atoms with Crippen LogP contribution in [0.2, 0.25) is 0 Å². The Labute approximate surface area is 99.4 Å². The van der Waals surface area contributed by atoms with E-state index in [2.05, 4.69) is 5.32 Å². The van der Waals surface area contributed by atoms with Crippen molar-refractivity contribution in [2.24, 2.45) is 5.92 Å². The van der Waals surface area contributed by atoms with Crippen molar-refractivity contribution in [1.29, 1.82) is 0 Å². The maximum Gasteiger partial charge on any atom is 0.406 e. The molecule has 0 aromatic heterocycles. The van der Waals surface area contributed by atoms with Gasteiger partial charge in [-0.05, 0) is 31.8 Å². The maximum atomic E-state index is 12.3. The number of hydrogen-bond acceptors (Lipinski definition) is 2. The van der Waals surface area contributed by atoms with Crippen molar-refractivity contribution in [3.05, 3.63) is 0 Å². The Hall–Kier alpha value is -0.780. The van der Waals surface area contributed by atoms with Crippen molar-refractivity contribution in [3.8, 4) is 0 Å². The summed E-state index contributed by atoms with van der Waals surface area (Å²) in [4.78, 5) is 12.7. The van der Waals surface area contributed by atoms with E-state index >= 15 is 0 Å². The average Bonchev–Trinajstić information content (AvgIpc) is 2.67. The minimum atomic E-state index is -4.31. The van der Waals surface area contributed by atoms with Crippen molar-refractivity contribution in [2.45, 2.75) is 32.4 Å². The molecular weight excluding hydrogens is 233 g/mol. The first-order valence-corrected chi connectivity index (χ1v) is 5.97. The van der Waals surface area contributed by atoms with Crippen LogP contribution >= 0.6 is 0 Å². The molecule has 100 valence electrons. The molecule has 1 N–H and O–H groups in total. The summed E-state index contributed by atoms with van der Waals surface area (Å²) in [6, 6.07) is 0. The standard InChI is InChI=1S/C11H19F3N2O/c1-2-5-16(8-11(12,13)14)10(17)6-9-3-4-15-7-9/h9,15H,2-8H2,1H3. The molecule has 3 nitrogen and oxygen atoms in total. The molecule has 0 aliphatic carbocycles. The van der Waals surface area contributed by atoms with Gasteiger partial charge in [0.15, 0.2) is 0 Å². The molecule has 0 bridgehead atoms. The van der Waals surface area contributed by atoms with Crippen LogP contribution < -0.4 is 5.32 Å². The molecule has 1 aliphatic heterocycles. The van der Waals surface area contributed by atoms with Gasteiger partial charge in [0.25, 0.3) is 0 Å². The lowest BCUT2D eigenvalue weighted by Gasteiger charge is -2.24. The molecule has 1 unspecified atom stereocenters. The predicted molar refractivity (Wildman–Crippen MR) is 58.5 cm³/mol. The molecule has 1 amide bonds. The zero-order chi connectivity index (χ0) is 12.9. The number of halogens is 3. The molecule has 1 heterocycles. The molecule has 0 aromatic carbocycles. The Morgan fingerprint density at radius 3 is 2.65 bits per heavy atom. The highest BCUT2D eigenvalue weighted by Gasteiger charge is 2.33. The molecule has 6 heteroatoms. The number of amides is 1. The van der Waals surface area contributed by atoms with Crippen LogP contribution in [0.5, 0.6) is 0 Å². The zero-order valence-electron chi connectivity index (χ0n) is 10.0. The van der Waals surface area contributed by atoms with Crippen LogP contribution in [0.15, 0.2) is 0 Å². The van der Waals surface area contributed by atoms with Gasteiger partial charge in [-0.25, -0.2) is 0 Å². The predicted octanol–water partition coefficient (Wildman–Crippen LogP) is 1.79. The number of nitrogens with zero attached hydrogens (tertiary/aromatic N) is 1. The SMILES string of the molecule is CCCN(CC(F)(F)F)C(=O)CC1CCNC1. The lowest BCUT2D eigenvalue weighted by molar-refractivity contribution is -0.161. The third-order valence-corrected chi connectivity index (χ3v) is 2.84. The smallest absolute Gasteiger partial charge is 0.334 e. The highest BCUT2D eigenvalue weighted by Crippen LogP contribution is 2.19. The highest BCUT2D eigenvalue weighted by molar-refractivity contribution is 5.76. The van der Waals surface area contributed by atoms with E-state index in [1.165, 1.54) is 0 Å². The van der Waals surface area contributed by atoms with Crippen molar-refractivity contribution >= 4 is 5.91 Å². The number of hydrogen-bond donors (Lipinski definition) is 1. The largest absolute Gasteiger partial charge is 0.406 e. The summed E-state index contributed by atoms with van der Waals surface area (Å²) in [6.07, 6.45) is -2.66. The maximum absolute atomic E-state index is 12.3. The van der Waals surface area contributed by atoms with Gasteiger partial charge in [-0.15, -0.1) is 0 Å². The van der Waals surface area contributed by atoms with Crippen molar-refractivity contribution < 1.29 is 18.0 Å². The van der Waals surface area contributed by atoms with E-state index in [-0.39, 0.29) is 24.8 Å². The molecule has 1 saturated heterocycles. The first kappa shape index (κ1) is 14.3. The van der Waals surface area contributed by atoms with Gasteiger partial charge < -0.3 is 10.2 Å². The number of carbonyl (C=O) groups excluding carboxylic acids is 1. The van der Waals surface area contributed by atoms with Gasteiger partial charge >= 0.3 is 6.18 Å². The Kier molecular flexibility index (Phi) is 5.24. The quantitative estimate of drug-likeness (QED) is 0.809. The normalized spacial score (nSPS) is 20.6. The summed E-state index contributed by atoms with van der Waals surface area (Å²) in [5.41, 5.74) is 0. The minimum Gasteiger partial charge on any atom is -0.334 e. The average molecular weight is 252 g/mol. The number of nitrogens with one attached hydrogen (secondary N) is 1. The molecule has 1 rings (SSSR count). The number of alkyl halides is 3. The first-order chi connectivity index (χ1) is 7.92. The molecule has 1 fully saturated rings. The molecule has 17 heavy (non-hydrogen) atoms. The van der Waals surface area contributed by atoms with E-state index in [1.54, 1.807) is 6.92 Å². The van der Waals surface area contributed by atoms with Gasteiger partial charge in [-0.1, -0.05) is 6.92 Å². The van der Waals surface area contributed by atoms with E-state index < -0.39 is 12.7 Å². The fourth-order valence-corrected chi connectivity index (χ4v) is 2.04. The van der Waals surface area contributed by atoms with Gasteiger partial charge in [0.2, 0.25) is 5.91 Å². The fraction of sp³-hybridized carbons (Fsp3) is 0.909. The zero-order valence-corrected chi connectivity index (χ0v) is 10.0. The lowest BCUT2D eigenvalue weighted by atomic mass is 10.0. The third-order valence-electron chi connectivity index (χ3n) is 2.84. The summed E-state index contributed by atoms with van der Waals surface area (Å²) in [5.74, 6) is -0.187. The molecular formula is C11H19F3N2O. The topological polar surface area (TPSA) is 32.3 Å². The molecule has 1 aliphatic rings. The Bertz CT molecular complexity index is 250. The van der Waals surface area contributed by atoms with Gasteiger partial charge in [0.1, 0.15) is 6.54 Å². The third kappa shape index (κ3) is 5.39. The summed E-state index contributed by atoms with van der Waals surface area (Å²) >= 11 is 0. The monoisotopic (exact) mass is 252 g/mol. The Morgan fingerprint density at radius 1 is 1.47 bits per heavy atom. The summed E-state index contributed by atoms with van der Waals surface area (Å²) in [7, 11) is 0. The van der Waals surface area contributed by atoms with Gasteiger partial charge in [-0.3, -0.25) is 4.79 Å². The molecule has 0 saturated carbocycles. The van der Waals surface area contributed by atoms with Gasteiger partial charge in [0.05, 0.1) is 0 Å². The van der Waals surface area contributed by atoms with E-state index in [0.717, 1.165) is 24.4 Å². The summed E-state index contributed by atoms with van der Waals surface area (Å²) in [6.45, 7) is 2.41.